The lowest BCUT2D eigenvalue weighted by Crippen LogP contribution is -2.32. The second kappa shape index (κ2) is 8.94. The van der Waals surface area contributed by atoms with E-state index in [0.717, 1.165) is 27.9 Å². The van der Waals surface area contributed by atoms with Gasteiger partial charge in [-0.25, -0.2) is 4.90 Å². The van der Waals surface area contributed by atoms with E-state index in [0.29, 0.717) is 29.2 Å². The van der Waals surface area contributed by atoms with E-state index in [1.54, 1.807) is 18.2 Å². The lowest BCUT2D eigenvalue weighted by atomic mass is 9.99. The monoisotopic (exact) mass is 440 g/mol. The third-order valence-electron chi connectivity index (χ3n) is 5.92. The Balaban J connectivity index is 1.85. The van der Waals surface area contributed by atoms with E-state index in [-0.39, 0.29) is 17.5 Å². The van der Waals surface area contributed by atoms with Crippen LogP contribution in [0.25, 0.3) is 5.57 Å². The van der Waals surface area contributed by atoms with Crippen LogP contribution in [0.4, 0.5) is 11.4 Å². The van der Waals surface area contributed by atoms with Crippen LogP contribution in [-0.4, -0.2) is 18.4 Å². The number of ether oxygens (including phenoxy) is 1. The van der Waals surface area contributed by atoms with Gasteiger partial charge in [-0.3, -0.25) is 9.59 Å². The molecule has 0 bridgehead atoms. The predicted molar refractivity (Wildman–Crippen MR) is 132 cm³/mol. The fourth-order valence-corrected chi connectivity index (χ4v) is 3.93. The number of rotatable bonds is 6. The number of carbonyl (C=O) groups excluding carboxylic acids is 2. The highest BCUT2D eigenvalue weighted by Gasteiger charge is 2.40. The molecule has 0 fully saturated rings. The molecule has 168 valence electrons. The molecule has 1 heterocycles. The molecule has 0 saturated carbocycles. The number of nitrogens with zero attached hydrogens (tertiary/aromatic N) is 1. The molecular weight excluding hydrogens is 412 g/mol. The molecule has 2 amide bonds. The molecule has 0 radical (unpaired) electrons. The molecule has 0 atom stereocenters. The summed E-state index contributed by atoms with van der Waals surface area (Å²) in [6, 6.07) is 18.9. The summed E-state index contributed by atoms with van der Waals surface area (Å²) >= 11 is 0. The maximum Gasteiger partial charge on any atom is 0.282 e. The first kappa shape index (κ1) is 22.3. The first-order chi connectivity index (χ1) is 15.8. The first-order valence-electron chi connectivity index (χ1n) is 11.1. The minimum Gasteiger partial charge on any atom is -0.494 e. The number of nitrogens with one attached hydrogen (secondary N) is 1. The summed E-state index contributed by atoms with van der Waals surface area (Å²) in [5.74, 6) is -0.133. The van der Waals surface area contributed by atoms with Crippen LogP contribution in [0.5, 0.6) is 5.75 Å². The number of aryl methyl sites for hydroxylation is 4. The zero-order chi connectivity index (χ0) is 23.7. The van der Waals surface area contributed by atoms with E-state index in [1.165, 1.54) is 4.90 Å². The van der Waals surface area contributed by atoms with Crippen LogP contribution in [0.1, 0.15) is 34.7 Å². The number of carbonyl (C=O) groups is 2. The molecule has 0 aromatic heterocycles. The second-order valence-electron chi connectivity index (χ2n) is 8.37. The summed E-state index contributed by atoms with van der Waals surface area (Å²) in [6.07, 6.45) is 0. The Morgan fingerprint density at radius 1 is 0.818 bits per heavy atom. The van der Waals surface area contributed by atoms with Crippen molar-refractivity contribution in [2.24, 2.45) is 0 Å². The second-order valence-corrected chi connectivity index (χ2v) is 8.37. The Hall–Kier alpha value is -3.86. The Kier molecular flexibility index (Phi) is 6.05. The average molecular weight is 441 g/mol. The van der Waals surface area contributed by atoms with Gasteiger partial charge in [-0.15, -0.1) is 0 Å². The minimum absolute atomic E-state index is 0.277. The van der Waals surface area contributed by atoms with Gasteiger partial charge in [-0.2, -0.15) is 0 Å². The lowest BCUT2D eigenvalue weighted by molar-refractivity contribution is -0.120. The molecule has 4 rings (SSSR count). The van der Waals surface area contributed by atoms with Gasteiger partial charge >= 0.3 is 0 Å². The number of hydrogen-bond donors (Lipinski definition) is 1. The lowest BCUT2D eigenvalue weighted by Gasteiger charge is -2.17. The molecule has 0 aliphatic carbocycles. The molecule has 0 spiro atoms. The number of anilines is 2. The van der Waals surface area contributed by atoms with Gasteiger partial charge in [0, 0.05) is 11.8 Å². The largest absolute Gasteiger partial charge is 0.494 e. The topological polar surface area (TPSA) is 58.6 Å². The standard InChI is InChI=1S/C28H28N2O3/c1-6-33-23-9-7-8-22(16-23)30-27(31)25(21-13-12-18(3)20(5)15-21)26(28(30)32)29-24-14-17(2)10-11-19(24)4/h7-16,29H,6H2,1-5H3. The molecule has 3 aromatic rings. The van der Waals surface area contributed by atoms with E-state index >= 15 is 0 Å². The molecule has 1 N–H and O–H groups in total. The Morgan fingerprint density at radius 3 is 2.30 bits per heavy atom. The van der Waals surface area contributed by atoms with E-state index in [4.69, 9.17) is 4.74 Å². The predicted octanol–water partition coefficient (Wildman–Crippen LogP) is 5.72. The van der Waals surface area contributed by atoms with E-state index < -0.39 is 0 Å². The Bertz CT molecular complexity index is 1290. The zero-order valence-corrected chi connectivity index (χ0v) is 19.7. The van der Waals surface area contributed by atoms with Crippen molar-refractivity contribution < 1.29 is 14.3 Å². The summed E-state index contributed by atoms with van der Waals surface area (Å²) in [7, 11) is 0. The van der Waals surface area contributed by atoms with Crippen molar-refractivity contribution in [2.45, 2.75) is 34.6 Å². The minimum atomic E-state index is -0.386. The molecule has 3 aromatic carbocycles. The molecule has 0 saturated heterocycles. The normalized spacial score (nSPS) is 13.7. The first-order valence-corrected chi connectivity index (χ1v) is 11.1. The molecule has 5 heteroatoms. The average Bonchev–Trinajstić information content (AvgIpc) is 3.02. The van der Waals surface area contributed by atoms with E-state index in [1.807, 2.05) is 77.1 Å². The van der Waals surface area contributed by atoms with Gasteiger partial charge in [0.25, 0.3) is 11.8 Å². The van der Waals surface area contributed by atoms with Gasteiger partial charge in [0.1, 0.15) is 11.4 Å². The van der Waals surface area contributed by atoms with Crippen LogP contribution in [0, 0.1) is 27.7 Å². The van der Waals surface area contributed by atoms with Crippen molar-refractivity contribution in [3.05, 3.63) is 94.2 Å². The maximum atomic E-state index is 13.7. The van der Waals surface area contributed by atoms with Gasteiger partial charge < -0.3 is 10.1 Å². The Labute approximate surface area is 194 Å². The number of hydrogen-bond acceptors (Lipinski definition) is 4. The quantitative estimate of drug-likeness (QED) is 0.499. The third-order valence-corrected chi connectivity index (χ3v) is 5.92. The zero-order valence-electron chi connectivity index (χ0n) is 19.7. The SMILES string of the molecule is CCOc1cccc(N2C(=O)C(Nc3cc(C)ccc3C)=C(c3ccc(C)c(C)c3)C2=O)c1. The highest BCUT2D eigenvalue weighted by Crippen LogP contribution is 2.36. The van der Waals surface area contributed by atoms with Crippen LogP contribution >= 0.6 is 0 Å². The highest BCUT2D eigenvalue weighted by molar-refractivity contribution is 6.46. The fraction of sp³-hybridized carbons (Fsp3) is 0.214. The summed E-state index contributed by atoms with van der Waals surface area (Å²) in [6.45, 7) is 10.4. The highest BCUT2D eigenvalue weighted by atomic mass is 16.5. The van der Waals surface area contributed by atoms with Crippen molar-refractivity contribution in [2.75, 3.05) is 16.8 Å². The smallest absolute Gasteiger partial charge is 0.282 e. The Morgan fingerprint density at radius 2 is 1.58 bits per heavy atom. The molecule has 5 nitrogen and oxygen atoms in total. The maximum absolute atomic E-state index is 13.7. The number of amides is 2. The van der Waals surface area contributed by atoms with Crippen LogP contribution < -0.4 is 15.0 Å². The molecular formula is C28H28N2O3. The van der Waals surface area contributed by atoms with Crippen molar-refractivity contribution in [3.63, 3.8) is 0 Å². The molecule has 1 aliphatic heterocycles. The van der Waals surface area contributed by atoms with Crippen LogP contribution in [0.3, 0.4) is 0 Å². The van der Waals surface area contributed by atoms with E-state index in [9.17, 15) is 9.59 Å². The summed E-state index contributed by atoms with van der Waals surface area (Å²) < 4.78 is 5.59. The summed E-state index contributed by atoms with van der Waals surface area (Å²) in [5.41, 5.74) is 6.88. The van der Waals surface area contributed by atoms with Crippen molar-refractivity contribution >= 4 is 28.8 Å². The summed E-state index contributed by atoms with van der Waals surface area (Å²) in [4.78, 5) is 28.6. The van der Waals surface area contributed by atoms with Crippen LogP contribution in [0.2, 0.25) is 0 Å². The van der Waals surface area contributed by atoms with Gasteiger partial charge in [0.05, 0.1) is 17.9 Å². The van der Waals surface area contributed by atoms with E-state index in [2.05, 4.69) is 5.32 Å². The molecule has 0 unspecified atom stereocenters. The van der Waals surface area contributed by atoms with Gasteiger partial charge in [0.15, 0.2) is 0 Å². The number of imide groups is 1. The third kappa shape index (κ3) is 4.27. The van der Waals surface area contributed by atoms with Gasteiger partial charge in [-0.05, 0) is 80.6 Å². The molecule has 1 aliphatic rings. The van der Waals surface area contributed by atoms with Gasteiger partial charge in [-0.1, -0.05) is 36.4 Å². The van der Waals surface area contributed by atoms with Crippen molar-refractivity contribution in [1.82, 2.24) is 0 Å². The number of benzene rings is 3. The summed E-state index contributed by atoms with van der Waals surface area (Å²) in [5, 5.41) is 3.29. The fourth-order valence-electron chi connectivity index (χ4n) is 3.93. The molecule has 33 heavy (non-hydrogen) atoms. The van der Waals surface area contributed by atoms with Crippen LogP contribution in [0.15, 0.2) is 66.4 Å². The van der Waals surface area contributed by atoms with Gasteiger partial charge in [0.2, 0.25) is 0 Å². The van der Waals surface area contributed by atoms with Crippen molar-refractivity contribution in [1.29, 1.82) is 0 Å². The van der Waals surface area contributed by atoms with Crippen molar-refractivity contribution in [3.8, 4) is 5.75 Å². The van der Waals surface area contributed by atoms with Crippen LogP contribution in [-0.2, 0) is 9.59 Å².